The van der Waals surface area contributed by atoms with Crippen molar-refractivity contribution in [3.05, 3.63) is 40.2 Å². The Kier molecular flexibility index (Phi) is 4.59. The van der Waals surface area contributed by atoms with Gasteiger partial charge in [-0.2, -0.15) is 26.3 Å². The summed E-state index contributed by atoms with van der Waals surface area (Å²) >= 11 is 0. The molecule has 3 atom stereocenters. The molecule has 2 heterocycles. The van der Waals surface area contributed by atoms with Gasteiger partial charge in [0.05, 0.1) is 11.6 Å². The molecular weight excluding hydrogens is 388 g/mol. The van der Waals surface area contributed by atoms with Crippen molar-refractivity contribution < 1.29 is 35.1 Å². The molecule has 1 aliphatic rings. The molecule has 0 unspecified atom stereocenters. The van der Waals surface area contributed by atoms with Gasteiger partial charge in [0.1, 0.15) is 6.17 Å². The van der Waals surface area contributed by atoms with Crippen molar-refractivity contribution in [3.63, 3.8) is 0 Å². The zero-order valence-electron chi connectivity index (χ0n) is 13.3. The SMILES string of the molecule is O=c1cc(C(F)(F)F)c2cc(N3C[C@@H](F)C[C@@H]3[C@H](F)C(F)(F)F)ccc2[nH]1. The Bertz CT molecular complexity index is 904. The monoisotopic (exact) mass is 400 g/mol. The van der Waals surface area contributed by atoms with Gasteiger partial charge in [-0.15, -0.1) is 0 Å². The highest BCUT2D eigenvalue weighted by Gasteiger charge is 2.51. The van der Waals surface area contributed by atoms with Gasteiger partial charge < -0.3 is 9.88 Å². The number of hydrogen-bond donors (Lipinski definition) is 1. The van der Waals surface area contributed by atoms with Crippen LogP contribution in [0.3, 0.4) is 0 Å². The fourth-order valence-corrected chi connectivity index (χ4v) is 3.26. The molecule has 1 aromatic carbocycles. The van der Waals surface area contributed by atoms with Crippen LogP contribution in [-0.2, 0) is 6.18 Å². The number of rotatable bonds is 2. The summed E-state index contributed by atoms with van der Waals surface area (Å²) in [5.41, 5.74) is -2.69. The molecule has 0 radical (unpaired) electrons. The van der Waals surface area contributed by atoms with Gasteiger partial charge in [-0.25, -0.2) is 8.78 Å². The molecule has 3 nitrogen and oxygen atoms in total. The lowest BCUT2D eigenvalue weighted by molar-refractivity contribution is -0.185. The van der Waals surface area contributed by atoms with Crippen molar-refractivity contribution in [2.75, 3.05) is 11.4 Å². The number of anilines is 1. The van der Waals surface area contributed by atoms with E-state index in [-0.39, 0.29) is 11.2 Å². The summed E-state index contributed by atoms with van der Waals surface area (Å²) in [5, 5.41) is -0.483. The summed E-state index contributed by atoms with van der Waals surface area (Å²) in [6.07, 6.45) is -16.0. The van der Waals surface area contributed by atoms with Crippen LogP contribution < -0.4 is 10.5 Å². The third-order valence-corrected chi connectivity index (χ3v) is 4.41. The molecule has 3 rings (SSSR count). The van der Waals surface area contributed by atoms with Crippen LogP contribution in [0.5, 0.6) is 0 Å². The molecule has 27 heavy (non-hydrogen) atoms. The second-order valence-electron chi connectivity index (χ2n) is 6.27. The minimum absolute atomic E-state index is 0.196. The molecule has 0 bridgehead atoms. The average Bonchev–Trinajstić information content (AvgIpc) is 2.92. The van der Waals surface area contributed by atoms with Crippen molar-refractivity contribution in [2.45, 2.75) is 37.2 Å². The van der Waals surface area contributed by atoms with E-state index in [9.17, 15) is 39.9 Å². The molecule has 0 spiro atoms. The van der Waals surface area contributed by atoms with Gasteiger partial charge in [-0.1, -0.05) is 0 Å². The van der Waals surface area contributed by atoms with Crippen molar-refractivity contribution in [2.24, 2.45) is 0 Å². The maximum atomic E-state index is 13.8. The first-order valence-electron chi connectivity index (χ1n) is 7.73. The zero-order chi connectivity index (χ0) is 20.1. The lowest BCUT2D eigenvalue weighted by Gasteiger charge is -2.30. The Morgan fingerprint density at radius 2 is 1.78 bits per heavy atom. The maximum Gasteiger partial charge on any atom is 0.421 e. The molecule has 2 aromatic rings. The second-order valence-corrected chi connectivity index (χ2v) is 6.27. The normalized spacial score (nSPS) is 22.4. The highest BCUT2D eigenvalue weighted by atomic mass is 19.4. The smallest absolute Gasteiger partial charge is 0.362 e. The van der Waals surface area contributed by atoms with Crippen molar-refractivity contribution in [3.8, 4) is 0 Å². The van der Waals surface area contributed by atoms with E-state index < -0.39 is 60.2 Å². The van der Waals surface area contributed by atoms with Crippen LogP contribution in [0.1, 0.15) is 12.0 Å². The number of hydrogen-bond acceptors (Lipinski definition) is 2. The minimum Gasteiger partial charge on any atom is -0.362 e. The van der Waals surface area contributed by atoms with Crippen molar-refractivity contribution >= 4 is 16.6 Å². The van der Waals surface area contributed by atoms with Gasteiger partial charge in [-0.05, 0) is 18.2 Å². The molecule has 0 saturated carbocycles. The topological polar surface area (TPSA) is 36.1 Å². The van der Waals surface area contributed by atoms with Gasteiger partial charge in [0.15, 0.2) is 0 Å². The third-order valence-electron chi connectivity index (χ3n) is 4.41. The van der Waals surface area contributed by atoms with E-state index in [4.69, 9.17) is 0 Å². The molecule has 1 aliphatic heterocycles. The summed E-state index contributed by atoms with van der Waals surface area (Å²) in [6, 6.07) is 1.48. The first-order chi connectivity index (χ1) is 12.4. The van der Waals surface area contributed by atoms with Crippen LogP contribution in [0.4, 0.5) is 40.8 Å². The zero-order valence-corrected chi connectivity index (χ0v) is 13.3. The van der Waals surface area contributed by atoms with Crippen LogP contribution in [0, 0.1) is 0 Å². The number of aromatic nitrogens is 1. The number of nitrogens with one attached hydrogen (secondary N) is 1. The van der Waals surface area contributed by atoms with E-state index in [0.717, 1.165) is 23.1 Å². The summed E-state index contributed by atoms with van der Waals surface area (Å²) < 4.78 is 105. The molecule has 148 valence electrons. The van der Waals surface area contributed by atoms with Crippen molar-refractivity contribution in [1.29, 1.82) is 0 Å². The summed E-state index contributed by atoms with van der Waals surface area (Å²) in [7, 11) is 0. The van der Waals surface area contributed by atoms with E-state index in [1.807, 2.05) is 0 Å². The Morgan fingerprint density at radius 3 is 2.37 bits per heavy atom. The molecule has 1 N–H and O–H groups in total. The number of nitrogens with zero attached hydrogens (tertiary/aromatic N) is 1. The molecule has 1 fully saturated rings. The van der Waals surface area contributed by atoms with Gasteiger partial charge in [0, 0.05) is 35.6 Å². The average molecular weight is 400 g/mol. The lowest BCUT2D eigenvalue weighted by atomic mass is 10.1. The van der Waals surface area contributed by atoms with E-state index in [2.05, 4.69) is 4.98 Å². The van der Waals surface area contributed by atoms with Crippen LogP contribution >= 0.6 is 0 Å². The van der Waals surface area contributed by atoms with Crippen LogP contribution in [0.15, 0.2) is 29.1 Å². The Balaban J connectivity index is 2.11. The number of fused-ring (bicyclic) bond motifs is 1. The van der Waals surface area contributed by atoms with Gasteiger partial charge in [0.25, 0.3) is 0 Å². The van der Waals surface area contributed by atoms with E-state index in [0.29, 0.717) is 6.07 Å². The first kappa shape index (κ1) is 19.4. The Labute approximate surface area is 146 Å². The molecule has 0 aliphatic carbocycles. The van der Waals surface area contributed by atoms with Crippen molar-refractivity contribution in [1.82, 2.24) is 4.98 Å². The van der Waals surface area contributed by atoms with Gasteiger partial charge >= 0.3 is 12.4 Å². The van der Waals surface area contributed by atoms with E-state index in [1.54, 1.807) is 0 Å². The number of halogens is 8. The van der Waals surface area contributed by atoms with Crippen LogP contribution in [-0.4, -0.2) is 36.1 Å². The van der Waals surface area contributed by atoms with Gasteiger partial charge in [0.2, 0.25) is 11.7 Å². The molecule has 11 heteroatoms. The second kappa shape index (κ2) is 6.38. The number of alkyl halides is 8. The fourth-order valence-electron chi connectivity index (χ4n) is 3.26. The van der Waals surface area contributed by atoms with E-state index in [1.165, 1.54) is 0 Å². The number of pyridine rings is 1. The largest absolute Gasteiger partial charge is 0.421 e. The molecular formula is C16H12F8N2O. The number of H-pyrrole nitrogens is 1. The third kappa shape index (κ3) is 3.72. The molecule has 1 saturated heterocycles. The predicted molar refractivity (Wildman–Crippen MR) is 81.2 cm³/mol. The van der Waals surface area contributed by atoms with Gasteiger partial charge in [-0.3, -0.25) is 4.79 Å². The molecule has 1 aromatic heterocycles. The number of aromatic amines is 1. The predicted octanol–water partition coefficient (Wildman–Crippen LogP) is 4.36. The maximum absolute atomic E-state index is 13.8. The molecule has 0 amide bonds. The highest BCUT2D eigenvalue weighted by Crippen LogP contribution is 2.39. The number of benzene rings is 1. The fraction of sp³-hybridized carbons (Fsp3) is 0.438. The summed E-state index contributed by atoms with van der Waals surface area (Å²) in [4.78, 5) is 14.4. The minimum atomic E-state index is -5.23. The standard InChI is InChI=1S/C16H12F8N2O/c17-7-3-12(14(18)16(22,23)24)26(6-7)8-1-2-11-9(4-8)10(15(19,20)21)5-13(27)25-11/h1-2,4-5,7,12,14H,3,6H2,(H,25,27)/t7-,12+,14-/m0/s1. The van der Waals surface area contributed by atoms with Crippen LogP contribution in [0.25, 0.3) is 10.9 Å². The van der Waals surface area contributed by atoms with Crippen LogP contribution in [0.2, 0.25) is 0 Å². The summed E-state index contributed by atoms with van der Waals surface area (Å²) in [5.74, 6) is 0. The Morgan fingerprint density at radius 1 is 1.11 bits per heavy atom. The van der Waals surface area contributed by atoms with E-state index >= 15 is 0 Å². The first-order valence-corrected chi connectivity index (χ1v) is 7.73. The summed E-state index contributed by atoms with van der Waals surface area (Å²) in [6.45, 7) is -0.586. The lowest BCUT2D eigenvalue weighted by Crippen LogP contribution is -2.44. The quantitative estimate of drug-likeness (QED) is 0.761. The Hall–Kier alpha value is -2.33. The highest BCUT2D eigenvalue weighted by molar-refractivity contribution is 5.86.